The first kappa shape index (κ1) is 30.3. The molecule has 0 aliphatic carbocycles. The fourth-order valence-electron chi connectivity index (χ4n) is 3.16. The number of hydrogen-bond donors (Lipinski definition) is 3. The minimum absolute atomic E-state index is 0.0192. The molecule has 0 fully saturated rings. The Kier molecular flexibility index (Phi) is 11.9. The molecule has 12 heteroatoms. The van der Waals surface area contributed by atoms with E-state index in [2.05, 4.69) is 10.0 Å². The lowest BCUT2D eigenvalue weighted by Gasteiger charge is -2.28. The van der Waals surface area contributed by atoms with E-state index >= 15 is 0 Å². The molecule has 1 rings (SSSR count). The first-order chi connectivity index (χ1) is 15.6. The maximum Gasteiger partial charge on any atom is 0.407 e. The molecule has 0 heterocycles. The van der Waals surface area contributed by atoms with Crippen molar-refractivity contribution in [2.45, 2.75) is 70.4 Å². The molecule has 0 aromatic heterocycles. The number of halogens is 2. The zero-order valence-corrected chi connectivity index (χ0v) is 22.6. The maximum atomic E-state index is 12.4. The minimum atomic E-state index is -3.82. The van der Waals surface area contributed by atoms with Gasteiger partial charge in [-0.05, 0) is 64.2 Å². The van der Waals surface area contributed by atoms with Crippen LogP contribution in [0.2, 0.25) is 10.0 Å². The summed E-state index contributed by atoms with van der Waals surface area (Å²) < 4.78 is 32.6. The smallest absolute Gasteiger partial charge is 0.407 e. The maximum absolute atomic E-state index is 12.4. The van der Waals surface area contributed by atoms with Gasteiger partial charge in [0.1, 0.15) is 10.5 Å². The third kappa shape index (κ3) is 11.6. The van der Waals surface area contributed by atoms with Gasteiger partial charge in [-0.2, -0.15) is 0 Å². The van der Waals surface area contributed by atoms with Crippen LogP contribution in [0.1, 0.15) is 53.9 Å². The Balaban J connectivity index is 2.63. The summed E-state index contributed by atoms with van der Waals surface area (Å²) in [5, 5.41) is 12.7. The molecule has 0 aliphatic heterocycles. The van der Waals surface area contributed by atoms with Crippen LogP contribution in [0.3, 0.4) is 0 Å². The van der Waals surface area contributed by atoms with Gasteiger partial charge in [-0.15, -0.1) is 0 Å². The summed E-state index contributed by atoms with van der Waals surface area (Å²) in [5.41, 5.74) is -0.664. The van der Waals surface area contributed by atoms with Gasteiger partial charge in [0.2, 0.25) is 10.0 Å². The average Bonchev–Trinajstić information content (AvgIpc) is 2.63. The molecule has 0 radical (unpaired) electrons. The Morgan fingerprint density at radius 3 is 2.35 bits per heavy atom. The van der Waals surface area contributed by atoms with Crippen molar-refractivity contribution in [2.75, 3.05) is 19.6 Å². The first-order valence-electron chi connectivity index (χ1n) is 11.0. The van der Waals surface area contributed by atoms with Crippen LogP contribution in [0.15, 0.2) is 23.1 Å². The summed E-state index contributed by atoms with van der Waals surface area (Å²) in [7, 11) is -3.82. The molecule has 1 aromatic rings. The van der Waals surface area contributed by atoms with E-state index in [4.69, 9.17) is 27.9 Å². The topological polar surface area (TPSA) is 125 Å². The number of nitrogens with one attached hydrogen (secondary N) is 2. The molecule has 1 atom stereocenters. The van der Waals surface area contributed by atoms with Gasteiger partial charge in [0, 0.05) is 24.7 Å². The number of rotatable bonds is 12. The van der Waals surface area contributed by atoms with Crippen molar-refractivity contribution in [3.8, 4) is 0 Å². The third-order valence-electron chi connectivity index (χ3n) is 4.52. The quantitative estimate of drug-likeness (QED) is 0.322. The Hall–Kier alpha value is -1.75. The van der Waals surface area contributed by atoms with Gasteiger partial charge in [-0.25, -0.2) is 22.7 Å². The number of nitrogens with zero attached hydrogens (tertiary/aromatic N) is 1. The van der Waals surface area contributed by atoms with Crippen molar-refractivity contribution in [1.82, 2.24) is 14.9 Å². The van der Waals surface area contributed by atoms with Crippen molar-refractivity contribution < 1.29 is 27.9 Å². The summed E-state index contributed by atoms with van der Waals surface area (Å²) in [6.07, 6.45) is -0.316. The van der Waals surface area contributed by atoms with Crippen LogP contribution in [-0.4, -0.2) is 61.9 Å². The van der Waals surface area contributed by atoms with Crippen molar-refractivity contribution in [2.24, 2.45) is 5.92 Å². The van der Waals surface area contributed by atoms with E-state index < -0.39 is 33.9 Å². The SMILES string of the molecule is CC(C)C[C@H](CN(CCCCNS(=O)(=O)c1ccc(Cl)cc1Cl)C(=O)O)NC(=O)OC(C)(C)C. The predicted octanol–water partition coefficient (Wildman–Crippen LogP) is 4.97. The lowest BCUT2D eigenvalue weighted by atomic mass is 10.0. The van der Waals surface area contributed by atoms with Gasteiger partial charge in [-0.1, -0.05) is 37.0 Å². The summed E-state index contributed by atoms with van der Waals surface area (Å²) in [6, 6.07) is 3.69. The van der Waals surface area contributed by atoms with Gasteiger partial charge >= 0.3 is 12.2 Å². The van der Waals surface area contributed by atoms with Gasteiger partial charge in [0.05, 0.1) is 11.1 Å². The molecule has 34 heavy (non-hydrogen) atoms. The van der Waals surface area contributed by atoms with Crippen molar-refractivity contribution in [1.29, 1.82) is 0 Å². The van der Waals surface area contributed by atoms with Crippen LogP contribution in [0.25, 0.3) is 0 Å². The van der Waals surface area contributed by atoms with E-state index in [1.807, 2.05) is 13.8 Å². The molecule has 0 saturated heterocycles. The number of unbranched alkanes of at least 4 members (excludes halogenated alkanes) is 1. The second-order valence-electron chi connectivity index (χ2n) is 9.38. The number of amides is 2. The first-order valence-corrected chi connectivity index (χ1v) is 13.3. The van der Waals surface area contributed by atoms with Gasteiger partial charge < -0.3 is 20.1 Å². The lowest BCUT2D eigenvalue weighted by molar-refractivity contribution is 0.0481. The van der Waals surface area contributed by atoms with Crippen LogP contribution in [0.4, 0.5) is 9.59 Å². The van der Waals surface area contributed by atoms with Crippen LogP contribution < -0.4 is 10.0 Å². The molecule has 9 nitrogen and oxygen atoms in total. The molecule has 0 unspecified atom stereocenters. The third-order valence-corrected chi connectivity index (χ3v) is 6.70. The van der Waals surface area contributed by atoms with Crippen molar-refractivity contribution >= 4 is 45.4 Å². The van der Waals surface area contributed by atoms with Crippen LogP contribution in [0, 0.1) is 5.92 Å². The summed E-state index contributed by atoms with van der Waals surface area (Å²) in [4.78, 5) is 25.1. The number of hydrogen-bond acceptors (Lipinski definition) is 5. The van der Waals surface area contributed by atoms with E-state index in [9.17, 15) is 23.1 Å². The predicted molar refractivity (Wildman–Crippen MR) is 133 cm³/mol. The highest BCUT2D eigenvalue weighted by atomic mass is 35.5. The zero-order chi connectivity index (χ0) is 26.1. The fourth-order valence-corrected chi connectivity index (χ4v) is 5.00. The molecule has 0 bridgehead atoms. The van der Waals surface area contributed by atoms with E-state index in [1.165, 1.54) is 23.1 Å². The minimum Gasteiger partial charge on any atom is -0.465 e. The Labute approximate surface area is 212 Å². The van der Waals surface area contributed by atoms with Crippen molar-refractivity contribution in [3.63, 3.8) is 0 Å². The number of carbonyl (C=O) groups excluding carboxylic acids is 1. The molecule has 2 amide bonds. The standard InChI is InChI=1S/C22H35Cl2N3O6S/c1-15(2)12-17(26-20(28)33-22(3,4)5)14-27(21(29)30)11-7-6-10-25-34(31,32)19-9-8-16(23)13-18(19)24/h8-9,13,15,17,25H,6-7,10-12,14H2,1-5H3,(H,26,28)(H,29,30)/t17-/m1/s1. The highest BCUT2D eigenvalue weighted by Crippen LogP contribution is 2.24. The van der Waals surface area contributed by atoms with E-state index in [0.717, 1.165) is 0 Å². The number of carboxylic acid groups (broad SMARTS) is 1. The lowest BCUT2D eigenvalue weighted by Crippen LogP contribution is -2.47. The second kappa shape index (κ2) is 13.4. The molecule has 194 valence electrons. The van der Waals surface area contributed by atoms with Crippen LogP contribution in [-0.2, 0) is 14.8 Å². The average molecular weight is 541 g/mol. The zero-order valence-electron chi connectivity index (χ0n) is 20.2. The normalized spacial score (nSPS) is 12.9. The van der Waals surface area contributed by atoms with Crippen LogP contribution in [0.5, 0.6) is 0 Å². The van der Waals surface area contributed by atoms with E-state index in [-0.39, 0.29) is 35.5 Å². The second-order valence-corrected chi connectivity index (χ2v) is 12.0. The summed E-state index contributed by atoms with van der Waals surface area (Å²) in [6.45, 7) is 9.61. The van der Waals surface area contributed by atoms with Crippen molar-refractivity contribution in [3.05, 3.63) is 28.2 Å². The molecule has 1 aromatic carbocycles. The number of carbonyl (C=O) groups is 2. The Bertz CT molecular complexity index is 935. The molecule has 0 spiro atoms. The van der Waals surface area contributed by atoms with E-state index in [1.54, 1.807) is 20.8 Å². The molecule has 0 aliphatic rings. The number of alkyl carbamates (subject to hydrolysis) is 1. The van der Waals surface area contributed by atoms with E-state index in [0.29, 0.717) is 24.3 Å². The van der Waals surface area contributed by atoms with Gasteiger partial charge in [-0.3, -0.25) is 0 Å². The van der Waals surface area contributed by atoms with Gasteiger partial charge in [0.25, 0.3) is 0 Å². The van der Waals surface area contributed by atoms with Crippen LogP contribution >= 0.6 is 23.2 Å². The Morgan fingerprint density at radius 2 is 1.82 bits per heavy atom. The summed E-state index contributed by atoms with van der Waals surface area (Å²) >= 11 is 11.8. The molecule has 3 N–H and O–H groups in total. The largest absolute Gasteiger partial charge is 0.465 e. The molecular weight excluding hydrogens is 505 g/mol. The summed E-state index contributed by atoms with van der Waals surface area (Å²) in [5.74, 6) is 0.227. The molecular formula is C22H35Cl2N3O6S. The fraction of sp³-hybridized carbons (Fsp3) is 0.636. The number of ether oxygens (including phenoxy) is 1. The molecule has 0 saturated carbocycles. The number of benzene rings is 1. The monoisotopic (exact) mass is 539 g/mol. The number of sulfonamides is 1. The highest BCUT2D eigenvalue weighted by Gasteiger charge is 2.24. The Morgan fingerprint density at radius 1 is 1.18 bits per heavy atom. The van der Waals surface area contributed by atoms with Gasteiger partial charge in [0.15, 0.2) is 0 Å². The highest BCUT2D eigenvalue weighted by molar-refractivity contribution is 7.89.